The van der Waals surface area contributed by atoms with Crippen LogP contribution in [0.25, 0.3) is 0 Å². The molecular weight excluding hydrogens is 188 g/mol. The number of likely N-dealkylation sites (N-methyl/N-ethyl adjacent to an activating group) is 1. The predicted octanol–water partition coefficient (Wildman–Crippen LogP) is 1.77. The van der Waals surface area contributed by atoms with E-state index in [0.29, 0.717) is 0 Å². The number of pyridine rings is 1. The summed E-state index contributed by atoms with van der Waals surface area (Å²) in [4.78, 5) is 15.9. The number of hydrogen-bond donors (Lipinski definition) is 1. The van der Waals surface area contributed by atoms with Crippen LogP contribution in [0.4, 0.5) is 0 Å². The summed E-state index contributed by atoms with van der Waals surface area (Å²) in [6.07, 6.45) is 1.69. The Morgan fingerprint density at radius 3 is 2.87 bits per heavy atom. The highest BCUT2D eigenvalue weighted by Gasteiger charge is 2.03. The first kappa shape index (κ1) is 11.7. The second kappa shape index (κ2) is 5.51. The predicted molar refractivity (Wildman–Crippen MR) is 62.8 cm³/mol. The Bertz CT molecular complexity index is 381. The normalized spacial score (nSPS) is 10.6. The first-order valence-electron chi connectivity index (χ1n) is 5.16. The molecule has 0 spiro atoms. The summed E-state index contributed by atoms with van der Waals surface area (Å²) in [5.41, 5.74) is 2.14. The number of hydrogen-bond acceptors (Lipinski definition) is 2. The van der Waals surface area contributed by atoms with E-state index in [-0.39, 0.29) is 5.56 Å². The van der Waals surface area contributed by atoms with Gasteiger partial charge in [0, 0.05) is 25.4 Å². The molecule has 15 heavy (non-hydrogen) atoms. The maximum atomic E-state index is 11.1. The molecule has 0 unspecified atom stereocenters. The van der Waals surface area contributed by atoms with E-state index in [1.54, 1.807) is 12.3 Å². The largest absolute Gasteiger partial charge is 0.329 e. The van der Waals surface area contributed by atoms with Crippen molar-refractivity contribution in [2.24, 2.45) is 0 Å². The monoisotopic (exact) mass is 206 g/mol. The van der Waals surface area contributed by atoms with Crippen LogP contribution in [0, 0.1) is 0 Å². The van der Waals surface area contributed by atoms with E-state index in [1.807, 2.05) is 13.0 Å². The average Bonchev–Trinajstić information content (AvgIpc) is 2.16. The zero-order valence-corrected chi connectivity index (χ0v) is 9.42. The summed E-state index contributed by atoms with van der Waals surface area (Å²) in [5, 5.41) is 0. The molecule has 0 aliphatic rings. The summed E-state index contributed by atoms with van der Waals surface area (Å²) >= 11 is 0. The molecule has 0 aliphatic carbocycles. The topological polar surface area (TPSA) is 36.1 Å². The third-order valence-electron chi connectivity index (χ3n) is 2.19. The Hall–Kier alpha value is -1.35. The molecule has 0 amide bonds. The maximum Gasteiger partial charge on any atom is 0.248 e. The third-order valence-corrected chi connectivity index (χ3v) is 2.19. The van der Waals surface area contributed by atoms with Gasteiger partial charge >= 0.3 is 0 Å². The molecule has 0 atom stereocenters. The number of aromatic nitrogens is 1. The van der Waals surface area contributed by atoms with E-state index < -0.39 is 0 Å². The molecule has 1 N–H and O–H groups in total. The molecule has 1 aromatic rings. The van der Waals surface area contributed by atoms with Gasteiger partial charge in [-0.25, -0.2) is 0 Å². The molecular formula is C12H18N2O. The fraction of sp³-hybridized carbons (Fsp3) is 0.417. The second-order valence-electron chi connectivity index (χ2n) is 3.82. The highest BCUT2D eigenvalue weighted by Crippen LogP contribution is 2.03. The van der Waals surface area contributed by atoms with Gasteiger partial charge in [-0.1, -0.05) is 19.1 Å². The molecule has 0 saturated heterocycles. The van der Waals surface area contributed by atoms with Gasteiger partial charge < -0.3 is 4.98 Å². The molecule has 0 bridgehead atoms. The van der Waals surface area contributed by atoms with Crippen LogP contribution in [-0.2, 0) is 6.54 Å². The highest BCUT2D eigenvalue weighted by molar-refractivity contribution is 5.10. The van der Waals surface area contributed by atoms with Crippen molar-refractivity contribution in [1.82, 2.24) is 9.88 Å². The first-order valence-corrected chi connectivity index (χ1v) is 5.16. The Balaban J connectivity index is 2.66. The minimum Gasteiger partial charge on any atom is -0.329 e. The van der Waals surface area contributed by atoms with Gasteiger partial charge in [0.2, 0.25) is 5.56 Å². The number of nitrogens with zero attached hydrogens (tertiary/aromatic N) is 1. The van der Waals surface area contributed by atoms with Gasteiger partial charge in [-0.3, -0.25) is 9.69 Å². The minimum atomic E-state index is -0.0427. The summed E-state index contributed by atoms with van der Waals surface area (Å²) in [6.45, 7) is 10.6. The lowest BCUT2D eigenvalue weighted by atomic mass is 10.2. The fourth-order valence-electron chi connectivity index (χ4n) is 1.51. The van der Waals surface area contributed by atoms with E-state index in [0.717, 1.165) is 30.8 Å². The van der Waals surface area contributed by atoms with Crippen LogP contribution >= 0.6 is 0 Å². The van der Waals surface area contributed by atoms with Gasteiger partial charge in [0.15, 0.2) is 0 Å². The van der Waals surface area contributed by atoms with E-state index in [4.69, 9.17) is 0 Å². The lowest BCUT2D eigenvalue weighted by Crippen LogP contribution is -2.25. The molecule has 82 valence electrons. The standard InChI is InChI=1S/C12H18N2O/c1-4-14(8-10(2)3)9-11-5-6-13-12(15)7-11/h5-7H,2,4,8-9H2,1,3H3,(H,13,15). The van der Waals surface area contributed by atoms with Crippen LogP contribution < -0.4 is 5.56 Å². The van der Waals surface area contributed by atoms with Crippen molar-refractivity contribution in [3.63, 3.8) is 0 Å². The summed E-state index contributed by atoms with van der Waals surface area (Å²) in [6, 6.07) is 3.57. The first-order chi connectivity index (χ1) is 7.11. The Kier molecular flexibility index (Phi) is 4.31. The highest BCUT2D eigenvalue weighted by atomic mass is 16.1. The van der Waals surface area contributed by atoms with Crippen LogP contribution in [0.15, 0.2) is 35.3 Å². The van der Waals surface area contributed by atoms with Crippen LogP contribution in [0.2, 0.25) is 0 Å². The van der Waals surface area contributed by atoms with Gasteiger partial charge in [-0.15, -0.1) is 0 Å². The van der Waals surface area contributed by atoms with Crippen LogP contribution in [0.1, 0.15) is 19.4 Å². The molecule has 0 saturated carbocycles. The second-order valence-corrected chi connectivity index (χ2v) is 3.82. The molecule has 0 aliphatic heterocycles. The van der Waals surface area contributed by atoms with Gasteiger partial charge in [-0.2, -0.15) is 0 Å². The molecule has 1 aromatic heterocycles. The van der Waals surface area contributed by atoms with E-state index in [2.05, 4.69) is 23.4 Å². The lowest BCUT2D eigenvalue weighted by Gasteiger charge is -2.20. The molecule has 3 nitrogen and oxygen atoms in total. The zero-order chi connectivity index (χ0) is 11.3. The average molecular weight is 206 g/mol. The third kappa shape index (κ3) is 4.13. The zero-order valence-electron chi connectivity index (χ0n) is 9.42. The van der Waals surface area contributed by atoms with Crippen LogP contribution in [-0.4, -0.2) is 23.0 Å². The minimum absolute atomic E-state index is 0.0427. The number of rotatable bonds is 5. The van der Waals surface area contributed by atoms with Crippen molar-refractivity contribution in [3.05, 3.63) is 46.4 Å². The van der Waals surface area contributed by atoms with Crippen LogP contribution in [0.5, 0.6) is 0 Å². The number of nitrogens with one attached hydrogen (secondary N) is 1. The molecule has 0 fully saturated rings. The summed E-state index contributed by atoms with van der Waals surface area (Å²) < 4.78 is 0. The smallest absolute Gasteiger partial charge is 0.248 e. The molecule has 3 heteroatoms. The van der Waals surface area contributed by atoms with Crippen molar-refractivity contribution >= 4 is 0 Å². The summed E-state index contributed by atoms with van der Waals surface area (Å²) in [5.74, 6) is 0. The lowest BCUT2D eigenvalue weighted by molar-refractivity contribution is 0.304. The summed E-state index contributed by atoms with van der Waals surface area (Å²) in [7, 11) is 0. The van der Waals surface area contributed by atoms with Gasteiger partial charge in [0.05, 0.1) is 0 Å². The van der Waals surface area contributed by atoms with Crippen molar-refractivity contribution in [1.29, 1.82) is 0 Å². The van der Waals surface area contributed by atoms with Gasteiger partial charge in [0.1, 0.15) is 0 Å². The van der Waals surface area contributed by atoms with E-state index in [1.165, 1.54) is 0 Å². The Labute approximate surface area is 90.4 Å². The molecule has 1 heterocycles. The van der Waals surface area contributed by atoms with Gasteiger partial charge in [-0.05, 0) is 25.1 Å². The number of aromatic amines is 1. The van der Waals surface area contributed by atoms with Crippen molar-refractivity contribution < 1.29 is 0 Å². The van der Waals surface area contributed by atoms with Crippen molar-refractivity contribution in [3.8, 4) is 0 Å². The maximum absolute atomic E-state index is 11.1. The van der Waals surface area contributed by atoms with E-state index >= 15 is 0 Å². The molecule has 0 radical (unpaired) electrons. The van der Waals surface area contributed by atoms with Crippen LogP contribution in [0.3, 0.4) is 0 Å². The molecule has 1 rings (SSSR count). The Morgan fingerprint density at radius 1 is 1.60 bits per heavy atom. The number of H-pyrrole nitrogens is 1. The van der Waals surface area contributed by atoms with Gasteiger partial charge in [0.25, 0.3) is 0 Å². The van der Waals surface area contributed by atoms with Crippen molar-refractivity contribution in [2.75, 3.05) is 13.1 Å². The fourth-order valence-corrected chi connectivity index (χ4v) is 1.51. The molecule has 0 aromatic carbocycles. The van der Waals surface area contributed by atoms with E-state index in [9.17, 15) is 4.79 Å². The SMILES string of the molecule is C=C(C)CN(CC)Cc1cc[nH]c(=O)c1. The van der Waals surface area contributed by atoms with Crippen molar-refractivity contribution in [2.45, 2.75) is 20.4 Å². The quantitative estimate of drug-likeness (QED) is 0.745. The Morgan fingerprint density at radius 2 is 2.33 bits per heavy atom.